The molecule has 1 aromatic heterocycles. The molecule has 3 aromatic rings. The van der Waals surface area contributed by atoms with Crippen molar-refractivity contribution in [2.45, 2.75) is 52.5 Å². The zero-order valence-electron chi connectivity index (χ0n) is 25.9. The van der Waals surface area contributed by atoms with Gasteiger partial charge < -0.3 is 34.0 Å². The average molecular weight is 627 g/mol. The first-order valence-electron chi connectivity index (χ1n) is 14.3. The number of nitrogens with zero attached hydrogens (tertiary/aromatic N) is 3. The normalized spacial score (nSPS) is 12.6. The van der Waals surface area contributed by atoms with E-state index in [0.717, 1.165) is 12.5 Å². The van der Waals surface area contributed by atoms with E-state index in [0.29, 0.717) is 60.1 Å². The van der Waals surface area contributed by atoms with Crippen LogP contribution in [0.3, 0.4) is 0 Å². The van der Waals surface area contributed by atoms with Crippen molar-refractivity contribution in [1.82, 2.24) is 15.0 Å². The molecule has 2 aromatic carbocycles. The fourth-order valence-corrected chi connectivity index (χ4v) is 11.0. The highest BCUT2D eigenvalue weighted by molar-refractivity contribution is 6.81. The second kappa shape index (κ2) is 15.6. The van der Waals surface area contributed by atoms with E-state index in [1.807, 2.05) is 0 Å². The summed E-state index contributed by atoms with van der Waals surface area (Å²) in [7, 11) is -2.30. The highest BCUT2D eigenvalue weighted by atomic mass is 28.4. The first-order chi connectivity index (χ1) is 20.4. The second-order valence-corrected chi connectivity index (χ2v) is 19.0. The molecule has 0 radical (unpaired) electrons. The zero-order chi connectivity index (χ0) is 31.5. The van der Waals surface area contributed by atoms with Gasteiger partial charge in [-0.05, 0) is 101 Å². The molecule has 232 valence electrons. The summed E-state index contributed by atoms with van der Waals surface area (Å²) in [5, 5.41) is 9.63. The van der Waals surface area contributed by atoms with Gasteiger partial charge in [-0.1, -0.05) is 0 Å². The Kier molecular flexibility index (Phi) is 12.2. The molecule has 0 saturated carbocycles. The van der Waals surface area contributed by atoms with Gasteiger partial charge in [0, 0.05) is 25.0 Å². The topological polar surface area (TPSA) is 146 Å². The van der Waals surface area contributed by atoms with Gasteiger partial charge in [0.05, 0.1) is 24.3 Å². The van der Waals surface area contributed by atoms with E-state index in [1.165, 1.54) is 0 Å². The summed E-state index contributed by atoms with van der Waals surface area (Å²) < 4.78 is 22.3. The van der Waals surface area contributed by atoms with Gasteiger partial charge >= 0.3 is 20.5 Å². The largest absolute Gasteiger partial charge is 0.462 e. The molecule has 0 aliphatic heterocycles. The van der Waals surface area contributed by atoms with Crippen molar-refractivity contribution >= 4 is 58.0 Å². The van der Waals surface area contributed by atoms with Crippen LogP contribution in [0.4, 0.5) is 29.2 Å². The summed E-state index contributed by atoms with van der Waals surface area (Å²) in [6.45, 7) is 13.3. The van der Waals surface area contributed by atoms with Gasteiger partial charge in [-0.25, -0.2) is 9.59 Å². The van der Waals surface area contributed by atoms with Crippen molar-refractivity contribution in [3.05, 3.63) is 59.7 Å². The first kappa shape index (κ1) is 33.6. The smallest absolute Gasteiger partial charge is 0.338 e. The van der Waals surface area contributed by atoms with E-state index in [2.05, 4.69) is 57.1 Å². The van der Waals surface area contributed by atoms with E-state index >= 15 is 0 Å². The summed E-state index contributed by atoms with van der Waals surface area (Å²) >= 11 is 0. The van der Waals surface area contributed by atoms with Crippen LogP contribution in [0.15, 0.2) is 48.5 Å². The average Bonchev–Trinajstić information content (AvgIpc) is 2.95. The van der Waals surface area contributed by atoms with Crippen LogP contribution < -0.4 is 16.0 Å². The number of anilines is 5. The van der Waals surface area contributed by atoms with Crippen LogP contribution in [-0.2, 0) is 18.0 Å². The number of hydrogen-bond donors (Lipinski definition) is 3. The maximum Gasteiger partial charge on any atom is 0.338 e. The Morgan fingerprint density at radius 1 is 0.721 bits per heavy atom. The number of carbonyl (C=O) groups is 2. The number of hydrogen-bond acceptors (Lipinski definition) is 12. The molecule has 0 aliphatic carbocycles. The third kappa shape index (κ3) is 11.1. The predicted octanol–water partition coefficient (Wildman–Crippen LogP) is 6.08. The van der Waals surface area contributed by atoms with E-state index < -0.39 is 16.9 Å². The molecule has 0 aliphatic rings. The van der Waals surface area contributed by atoms with Gasteiger partial charge in [-0.3, -0.25) is 0 Å². The van der Waals surface area contributed by atoms with Crippen molar-refractivity contribution in [2.75, 3.05) is 42.8 Å². The van der Waals surface area contributed by atoms with Crippen LogP contribution in [0.1, 0.15) is 41.0 Å². The van der Waals surface area contributed by atoms with Gasteiger partial charge in [-0.15, -0.1) is 0 Å². The minimum Gasteiger partial charge on any atom is -0.462 e. The molecule has 0 amide bonds. The molecule has 0 fully saturated rings. The molecule has 12 nitrogen and oxygen atoms in total. The summed E-state index contributed by atoms with van der Waals surface area (Å²) in [5.41, 5.74) is 2.26. The lowest BCUT2D eigenvalue weighted by molar-refractivity contribution is 0.0517. The molecule has 14 heteroatoms. The Balaban J connectivity index is 1.77. The summed E-state index contributed by atoms with van der Waals surface area (Å²) in [6, 6.07) is 14.5. The number of carbonyl (C=O) groups excluding carboxylic acids is 2. The summed E-state index contributed by atoms with van der Waals surface area (Å²) in [5.74, 6) is 0.196. The lowest BCUT2D eigenvalue weighted by atomic mass is 10.2. The van der Waals surface area contributed by atoms with Crippen molar-refractivity contribution < 1.29 is 27.6 Å². The van der Waals surface area contributed by atoms with Crippen LogP contribution >= 0.6 is 0 Å². The van der Waals surface area contributed by atoms with E-state index in [9.17, 15) is 9.59 Å². The molecule has 1 atom stereocenters. The van der Waals surface area contributed by atoms with Gasteiger partial charge in [-0.2, -0.15) is 15.0 Å². The van der Waals surface area contributed by atoms with Gasteiger partial charge in [0.1, 0.15) is 0 Å². The van der Waals surface area contributed by atoms with E-state index in [-0.39, 0.29) is 11.9 Å². The van der Waals surface area contributed by atoms with Crippen LogP contribution in [0.5, 0.6) is 0 Å². The number of aromatic nitrogens is 3. The van der Waals surface area contributed by atoms with Crippen LogP contribution in [0.25, 0.3) is 0 Å². The molecular weight excluding hydrogens is 585 g/mol. The SMILES string of the molecule is CCOC(=O)c1ccc(Nc2nc(NCCC[Si](C)(OC)O[Si](C)(C)C)nc(Nc3ccc(C(=O)OCC)cc3)n2)cc1. The monoisotopic (exact) mass is 626 g/mol. The Bertz CT molecular complexity index is 1270. The molecule has 43 heavy (non-hydrogen) atoms. The predicted molar refractivity (Wildman–Crippen MR) is 172 cm³/mol. The maximum absolute atomic E-state index is 12.0. The molecule has 3 rings (SSSR count). The van der Waals surface area contributed by atoms with Crippen molar-refractivity contribution in [2.24, 2.45) is 0 Å². The number of benzene rings is 2. The maximum atomic E-state index is 12.0. The third-order valence-electron chi connectivity index (χ3n) is 5.98. The molecule has 3 N–H and O–H groups in total. The molecule has 1 heterocycles. The van der Waals surface area contributed by atoms with Crippen molar-refractivity contribution in [1.29, 1.82) is 0 Å². The second-order valence-electron chi connectivity index (χ2n) is 10.7. The fraction of sp³-hybridized carbons (Fsp3) is 0.414. The quantitative estimate of drug-likeness (QED) is 0.0961. The standard InChI is InChI=1S/C29H42N6O6Si2/c1-8-39-25(36)21-11-15-23(16-12-21)31-28-33-27(30-19-10-20-43(7,38-3)41-42(4,5)6)34-29(35-28)32-24-17-13-22(14-18-24)26(37)40-9-2/h11-18H,8-10,19-20H2,1-7H3,(H3,30,31,32,33,34,35). The highest BCUT2D eigenvalue weighted by Crippen LogP contribution is 2.22. The highest BCUT2D eigenvalue weighted by Gasteiger charge is 2.35. The number of esters is 2. The number of rotatable bonds is 16. The van der Waals surface area contributed by atoms with E-state index in [4.69, 9.17) is 18.0 Å². The number of ether oxygens (including phenoxy) is 2. The van der Waals surface area contributed by atoms with Crippen LogP contribution in [0, 0.1) is 0 Å². The van der Waals surface area contributed by atoms with Crippen molar-refractivity contribution in [3.63, 3.8) is 0 Å². The Labute approximate surface area is 255 Å². The molecule has 0 bridgehead atoms. The zero-order valence-corrected chi connectivity index (χ0v) is 27.9. The van der Waals surface area contributed by atoms with Gasteiger partial charge in [0.2, 0.25) is 17.8 Å². The Morgan fingerprint density at radius 2 is 1.16 bits per heavy atom. The minimum absolute atomic E-state index is 0.296. The Hall–Kier alpha value is -3.86. The molecule has 0 spiro atoms. The summed E-state index contributed by atoms with van der Waals surface area (Å²) in [6.07, 6.45) is 0.808. The fourth-order valence-electron chi connectivity index (χ4n) is 4.09. The summed E-state index contributed by atoms with van der Waals surface area (Å²) in [4.78, 5) is 37.6. The molecule has 1 unspecified atom stereocenters. The number of nitrogens with one attached hydrogen (secondary N) is 3. The molecular formula is C29H42N6O6Si2. The van der Waals surface area contributed by atoms with Crippen LogP contribution in [0.2, 0.25) is 32.2 Å². The minimum atomic E-state index is -2.28. The van der Waals surface area contributed by atoms with Gasteiger partial charge in [0.25, 0.3) is 0 Å². The first-order valence-corrected chi connectivity index (χ1v) is 20.2. The Morgan fingerprint density at radius 3 is 1.56 bits per heavy atom. The lowest BCUT2D eigenvalue weighted by Gasteiger charge is -2.32. The third-order valence-corrected chi connectivity index (χ3v) is 12.3. The van der Waals surface area contributed by atoms with E-state index in [1.54, 1.807) is 69.5 Å². The van der Waals surface area contributed by atoms with Gasteiger partial charge in [0.15, 0.2) is 8.32 Å². The lowest BCUT2D eigenvalue weighted by Crippen LogP contribution is -2.46. The van der Waals surface area contributed by atoms with Crippen molar-refractivity contribution in [3.8, 4) is 0 Å². The molecule has 0 saturated heterocycles. The van der Waals surface area contributed by atoms with Crippen LogP contribution in [-0.4, -0.2) is 70.6 Å².